The molecule has 2 heterocycles. The number of rotatable bonds is 7. The molecular weight excluding hydrogens is 346 g/mol. The second-order valence-electron chi connectivity index (χ2n) is 6.57. The number of carbonyl (C=O) groups is 3. The smallest absolute Gasteiger partial charge is 0.325 e. The number of urea groups is 1. The average molecular weight is 369 g/mol. The van der Waals surface area contributed by atoms with Gasteiger partial charge in [0.15, 0.2) is 11.3 Å². The summed E-state index contributed by atoms with van der Waals surface area (Å²) in [7, 11) is 0. The van der Waals surface area contributed by atoms with Crippen molar-refractivity contribution in [1.29, 1.82) is 0 Å². The van der Waals surface area contributed by atoms with E-state index in [1.54, 1.807) is 31.2 Å². The Bertz CT molecular complexity index is 841. The molecule has 0 bridgehead atoms. The van der Waals surface area contributed by atoms with Crippen LogP contribution in [0.1, 0.15) is 36.9 Å². The van der Waals surface area contributed by atoms with E-state index in [9.17, 15) is 14.4 Å². The Kier molecular flexibility index (Phi) is 5.03. The third-order valence-electron chi connectivity index (χ3n) is 4.91. The van der Waals surface area contributed by atoms with Crippen LogP contribution in [0.3, 0.4) is 0 Å². The van der Waals surface area contributed by atoms with E-state index in [4.69, 9.17) is 4.42 Å². The Morgan fingerprint density at radius 2 is 1.81 bits per heavy atom. The number of Topliss-reactive ketones (excluding diaryl/α,β-unsaturated/α-hetero) is 1. The van der Waals surface area contributed by atoms with Gasteiger partial charge in [-0.3, -0.25) is 14.5 Å². The summed E-state index contributed by atoms with van der Waals surface area (Å²) in [6, 6.07) is 9.85. The molecule has 0 spiro atoms. The first-order chi connectivity index (χ1) is 12.9. The highest BCUT2D eigenvalue weighted by molar-refractivity contribution is 6.11. The van der Waals surface area contributed by atoms with Crippen molar-refractivity contribution in [2.24, 2.45) is 0 Å². The predicted octanol–water partition coefficient (Wildman–Crippen LogP) is 2.78. The van der Waals surface area contributed by atoms with Gasteiger partial charge in [0.25, 0.3) is 5.91 Å². The minimum Gasteiger partial charge on any atom is -0.466 e. The van der Waals surface area contributed by atoms with E-state index in [-0.39, 0.29) is 12.3 Å². The summed E-state index contributed by atoms with van der Waals surface area (Å²) >= 11 is 0. The zero-order valence-electron chi connectivity index (χ0n) is 15.7. The van der Waals surface area contributed by atoms with E-state index >= 15 is 0 Å². The van der Waals surface area contributed by atoms with E-state index in [0.29, 0.717) is 11.3 Å². The molecule has 7 heteroatoms. The van der Waals surface area contributed by atoms with Crippen LogP contribution in [0.4, 0.5) is 10.5 Å². The maximum Gasteiger partial charge on any atom is 0.325 e. The number of furan rings is 1. The van der Waals surface area contributed by atoms with E-state index < -0.39 is 17.5 Å². The van der Waals surface area contributed by atoms with Gasteiger partial charge in [0, 0.05) is 24.3 Å². The molecule has 1 saturated heterocycles. The summed E-state index contributed by atoms with van der Waals surface area (Å²) in [6.45, 7) is 7.13. The number of nitrogens with zero attached hydrogens (tertiary/aromatic N) is 2. The highest BCUT2D eigenvalue weighted by atomic mass is 16.3. The second-order valence-corrected chi connectivity index (χ2v) is 6.57. The molecule has 1 aromatic heterocycles. The van der Waals surface area contributed by atoms with Crippen molar-refractivity contribution in [1.82, 2.24) is 10.2 Å². The molecule has 27 heavy (non-hydrogen) atoms. The first kappa shape index (κ1) is 18.7. The van der Waals surface area contributed by atoms with Crippen molar-refractivity contribution in [3.8, 4) is 0 Å². The molecule has 1 unspecified atom stereocenters. The van der Waals surface area contributed by atoms with Crippen molar-refractivity contribution < 1.29 is 18.8 Å². The minimum absolute atomic E-state index is 0.298. The molecule has 1 atom stereocenters. The van der Waals surface area contributed by atoms with Crippen LogP contribution in [0, 0.1) is 0 Å². The Morgan fingerprint density at radius 3 is 2.37 bits per heavy atom. The monoisotopic (exact) mass is 369 g/mol. The number of ketones is 1. The Labute approximate surface area is 157 Å². The largest absolute Gasteiger partial charge is 0.466 e. The number of nitrogens with one attached hydrogen (secondary N) is 1. The van der Waals surface area contributed by atoms with Crippen LogP contribution >= 0.6 is 0 Å². The number of benzene rings is 1. The fraction of sp³-hybridized carbons (Fsp3) is 0.350. The maximum absolute atomic E-state index is 12.7. The number of imide groups is 1. The molecule has 1 aliphatic rings. The van der Waals surface area contributed by atoms with Crippen LogP contribution in [0.15, 0.2) is 47.1 Å². The molecule has 3 rings (SSSR count). The molecule has 1 aliphatic heterocycles. The van der Waals surface area contributed by atoms with Crippen LogP contribution < -0.4 is 10.2 Å². The number of amides is 3. The van der Waals surface area contributed by atoms with Gasteiger partial charge in [0.1, 0.15) is 5.76 Å². The van der Waals surface area contributed by atoms with Gasteiger partial charge in [-0.2, -0.15) is 0 Å². The summed E-state index contributed by atoms with van der Waals surface area (Å²) < 4.78 is 5.28. The highest BCUT2D eigenvalue weighted by Gasteiger charge is 2.51. The molecule has 2 aromatic rings. The molecule has 0 saturated carbocycles. The van der Waals surface area contributed by atoms with Crippen molar-refractivity contribution in [2.45, 2.75) is 26.3 Å². The molecule has 1 N–H and O–H groups in total. The van der Waals surface area contributed by atoms with Gasteiger partial charge in [0.2, 0.25) is 0 Å². The maximum atomic E-state index is 12.7. The summed E-state index contributed by atoms with van der Waals surface area (Å²) in [6.07, 6.45) is 1.44. The van der Waals surface area contributed by atoms with Gasteiger partial charge in [-0.1, -0.05) is 0 Å². The van der Waals surface area contributed by atoms with Crippen molar-refractivity contribution in [2.75, 3.05) is 24.5 Å². The number of carbonyl (C=O) groups excluding carboxylic acids is 3. The minimum atomic E-state index is -1.30. The first-order valence-corrected chi connectivity index (χ1v) is 8.97. The molecular formula is C20H23N3O4. The molecule has 0 radical (unpaired) electrons. The van der Waals surface area contributed by atoms with Crippen molar-refractivity contribution in [3.05, 3.63) is 54.0 Å². The van der Waals surface area contributed by atoms with Gasteiger partial charge in [-0.15, -0.1) is 0 Å². The van der Waals surface area contributed by atoms with Gasteiger partial charge in [0.05, 0.1) is 12.8 Å². The zero-order valence-corrected chi connectivity index (χ0v) is 15.7. The predicted molar refractivity (Wildman–Crippen MR) is 101 cm³/mol. The lowest BCUT2D eigenvalue weighted by Crippen LogP contribution is -2.41. The third kappa shape index (κ3) is 3.32. The summed E-state index contributed by atoms with van der Waals surface area (Å²) in [5.41, 5.74) is 0.183. The van der Waals surface area contributed by atoms with Gasteiger partial charge in [-0.25, -0.2) is 4.79 Å². The number of hydrogen-bond acceptors (Lipinski definition) is 5. The Hall–Kier alpha value is -3.09. The summed E-state index contributed by atoms with van der Waals surface area (Å²) in [5, 5.41) is 2.61. The van der Waals surface area contributed by atoms with Gasteiger partial charge < -0.3 is 14.6 Å². The van der Waals surface area contributed by atoms with E-state index in [1.165, 1.54) is 6.26 Å². The normalized spacial score (nSPS) is 19.3. The SMILES string of the molecule is CCN(CC)c1ccc(C(=O)CN2C(=O)NC(C)(c3ccco3)C2=O)cc1. The molecule has 142 valence electrons. The first-order valence-electron chi connectivity index (χ1n) is 8.97. The lowest BCUT2D eigenvalue weighted by molar-refractivity contribution is -0.131. The average Bonchev–Trinajstić information content (AvgIpc) is 3.28. The topological polar surface area (TPSA) is 82.9 Å². The third-order valence-corrected chi connectivity index (χ3v) is 4.91. The molecule has 1 fully saturated rings. The van der Waals surface area contributed by atoms with E-state index in [0.717, 1.165) is 23.7 Å². The van der Waals surface area contributed by atoms with Crippen LogP contribution in [-0.4, -0.2) is 42.3 Å². The van der Waals surface area contributed by atoms with Crippen LogP contribution in [-0.2, 0) is 10.3 Å². The number of hydrogen-bond donors (Lipinski definition) is 1. The molecule has 1 aromatic carbocycles. The molecule has 0 aliphatic carbocycles. The Morgan fingerprint density at radius 1 is 1.15 bits per heavy atom. The van der Waals surface area contributed by atoms with Crippen LogP contribution in [0.5, 0.6) is 0 Å². The van der Waals surface area contributed by atoms with Gasteiger partial charge in [-0.05, 0) is 57.2 Å². The lowest BCUT2D eigenvalue weighted by Gasteiger charge is -2.21. The highest BCUT2D eigenvalue weighted by Crippen LogP contribution is 2.29. The van der Waals surface area contributed by atoms with Crippen molar-refractivity contribution >= 4 is 23.4 Å². The fourth-order valence-electron chi connectivity index (χ4n) is 3.25. The quantitative estimate of drug-likeness (QED) is 0.599. The summed E-state index contributed by atoms with van der Waals surface area (Å²) in [4.78, 5) is 40.7. The van der Waals surface area contributed by atoms with E-state index in [1.807, 2.05) is 12.1 Å². The van der Waals surface area contributed by atoms with Crippen LogP contribution in [0.2, 0.25) is 0 Å². The molecule has 3 amide bonds. The summed E-state index contributed by atoms with van der Waals surface area (Å²) in [5.74, 6) is -0.469. The Balaban J connectivity index is 1.74. The second kappa shape index (κ2) is 7.26. The standard InChI is InChI=1S/C20H23N3O4/c1-4-22(5-2)15-10-8-14(9-11-15)16(24)13-23-18(25)20(3,21-19(23)26)17-7-6-12-27-17/h6-12H,4-5,13H2,1-3H3,(H,21,26). The molecule has 7 nitrogen and oxygen atoms in total. The van der Waals surface area contributed by atoms with Crippen molar-refractivity contribution in [3.63, 3.8) is 0 Å². The van der Waals surface area contributed by atoms with Gasteiger partial charge >= 0.3 is 6.03 Å². The number of anilines is 1. The lowest BCUT2D eigenvalue weighted by atomic mass is 9.99. The van der Waals surface area contributed by atoms with E-state index in [2.05, 4.69) is 24.1 Å². The fourth-order valence-corrected chi connectivity index (χ4v) is 3.25. The van der Waals surface area contributed by atoms with Crippen LogP contribution in [0.25, 0.3) is 0 Å². The zero-order chi connectivity index (χ0) is 19.6.